The lowest BCUT2D eigenvalue weighted by molar-refractivity contribution is -0.0147. The van der Waals surface area contributed by atoms with Crippen LogP contribution >= 0.6 is 0 Å². The van der Waals surface area contributed by atoms with Crippen molar-refractivity contribution in [2.24, 2.45) is 7.05 Å². The number of rotatable bonds is 6. The Morgan fingerprint density at radius 1 is 1.35 bits per heavy atom. The molecule has 1 atom stereocenters. The Kier molecular flexibility index (Phi) is 6.06. The van der Waals surface area contributed by atoms with Gasteiger partial charge >= 0.3 is 0 Å². The highest BCUT2D eigenvalue weighted by atomic mass is 16.5. The lowest BCUT2D eigenvalue weighted by atomic mass is 10.1. The van der Waals surface area contributed by atoms with Gasteiger partial charge in [0.05, 0.1) is 19.4 Å². The SMILES string of the molecule is CCC[C@H]1COCCN1Cc1ccc(C(=O)Nc2c(C)cnn2C)cc1. The second kappa shape index (κ2) is 8.47. The van der Waals surface area contributed by atoms with Crippen LogP contribution in [0.2, 0.25) is 0 Å². The molecule has 1 amide bonds. The number of aryl methyl sites for hydroxylation is 2. The molecule has 1 saturated heterocycles. The molecular weight excluding hydrogens is 328 g/mol. The summed E-state index contributed by atoms with van der Waals surface area (Å²) in [5.41, 5.74) is 2.83. The maximum Gasteiger partial charge on any atom is 0.256 e. The number of ether oxygens (including phenoxy) is 1. The fraction of sp³-hybridized carbons (Fsp3) is 0.500. The Hall–Kier alpha value is -2.18. The average Bonchev–Trinajstić information content (AvgIpc) is 2.96. The number of benzene rings is 1. The van der Waals surface area contributed by atoms with Gasteiger partial charge in [0.1, 0.15) is 5.82 Å². The van der Waals surface area contributed by atoms with Crippen LogP contribution in [0.4, 0.5) is 5.82 Å². The summed E-state index contributed by atoms with van der Waals surface area (Å²) in [6.07, 6.45) is 4.06. The molecule has 1 aromatic carbocycles. The average molecular weight is 356 g/mol. The number of nitrogens with one attached hydrogen (secondary N) is 1. The van der Waals surface area contributed by atoms with E-state index < -0.39 is 0 Å². The van der Waals surface area contributed by atoms with E-state index in [1.807, 2.05) is 38.2 Å². The fourth-order valence-electron chi connectivity index (χ4n) is 3.40. The van der Waals surface area contributed by atoms with Crippen molar-refractivity contribution in [2.75, 3.05) is 25.1 Å². The Balaban J connectivity index is 1.63. The minimum absolute atomic E-state index is 0.113. The predicted octanol–water partition coefficient (Wildman–Crippen LogP) is 2.98. The predicted molar refractivity (Wildman–Crippen MR) is 102 cm³/mol. The van der Waals surface area contributed by atoms with Crippen LogP contribution in [0, 0.1) is 6.92 Å². The van der Waals surface area contributed by atoms with Crippen molar-refractivity contribution < 1.29 is 9.53 Å². The van der Waals surface area contributed by atoms with Gasteiger partial charge in [-0.1, -0.05) is 25.5 Å². The van der Waals surface area contributed by atoms with E-state index in [0.29, 0.717) is 11.6 Å². The lowest BCUT2D eigenvalue weighted by Crippen LogP contribution is -2.44. The van der Waals surface area contributed by atoms with E-state index in [1.165, 1.54) is 5.56 Å². The molecule has 6 nitrogen and oxygen atoms in total. The van der Waals surface area contributed by atoms with E-state index in [0.717, 1.165) is 50.5 Å². The van der Waals surface area contributed by atoms with Crippen molar-refractivity contribution >= 4 is 11.7 Å². The molecule has 0 saturated carbocycles. The quantitative estimate of drug-likeness (QED) is 0.864. The van der Waals surface area contributed by atoms with Crippen LogP contribution in [0.15, 0.2) is 30.5 Å². The first-order valence-corrected chi connectivity index (χ1v) is 9.29. The topological polar surface area (TPSA) is 59.4 Å². The van der Waals surface area contributed by atoms with E-state index in [9.17, 15) is 4.79 Å². The van der Waals surface area contributed by atoms with Gasteiger partial charge in [-0.2, -0.15) is 5.10 Å². The Labute approximate surface area is 155 Å². The third-order valence-electron chi connectivity index (χ3n) is 4.93. The number of morpholine rings is 1. The highest BCUT2D eigenvalue weighted by Crippen LogP contribution is 2.18. The summed E-state index contributed by atoms with van der Waals surface area (Å²) in [5.74, 6) is 0.619. The van der Waals surface area contributed by atoms with E-state index >= 15 is 0 Å². The number of hydrogen-bond acceptors (Lipinski definition) is 4. The molecule has 1 aliphatic heterocycles. The monoisotopic (exact) mass is 356 g/mol. The van der Waals surface area contributed by atoms with Gasteiger partial charge < -0.3 is 10.1 Å². The standard InChI is InChI=1S/C20H28N4O2/c1-4-5-18-14-26-11-10-24(18)13-16-6-8-17(9-7-16)20(25)22-19-15(2)12-21-23(19)3/h6-9,12,18H,4-5,10-11,13-14H2,1-3H3,(H,22,25)/t18-/m0/s1. The Morgan fingerprint density at radius 2 is 2.12 bits per heavy atom. The minimum atomic E-state index is -0.113. The molecule has 6 heteroatoms. The fourth-order valence-corrected chi connectivity index (χ4v) is 3.40. The highest BCUT2D eigenvalue weighted by molar-refractivity contribution is 6.04. The molecule has 1 aromatic heterocycles. The summed E-state index contributed by atoms with van der Waals surface area (Å²) < 4.78 is 7.30. The van der Waals surface area contributed by atoms with E-state index in [1.54, 1.807) is 10.9 Å². The zero-order valence-corrected chi connectivity index (χ0v) is 15.9. The molecule has 1 fully saturated rings. The summed E-state index contributed by atoms with van der Waals surface area (Å²) in [6, 6.07) is 8.37. The lowest BCUT2D eigenvalue weighted by Gasteiger charge is -2.35. The Bertz CT molecular complexity index is 717. The molecule has 1 aliphatic rings. The van der Waals surface area contributed by atoms with Gasteiger partial charge in [0, 0.05) is 37.3 Å². The third kappa shape index (κ3) is 4.31. The first-order chi connectivity index (χ1) is 12.6. The molecule has 2 aromatic rings. The molecule has 0 unspecified atom stereocenters. The number of carbonyl (C=O) groups is 1. The maximum atomic E-state index is 12.5. The smallest absolute Gasteiger partial charge is 0.256 e. The maximum absolute atomic E-state index is 12.5. The van der Waals surface area contributed by atoms with Crippen LogP contribution in [-0.4, -0.2) is 46.4 Å². The number of anilines is 1. The van der Waals surface area contributed by atoms with Gasteiger partial charge in [0.15, 0.2) is 0 Å². The highest BCUT2D eigenvalue weighted by Gasteiger charge is 2.22. The first kappa shape index (κ1) is 18.6. The molecule has 1 N–H and O–H groups in total. The summed E-state index contributed by atoms with van der Waals surface area (Å²) in [4.78, 5) is 15.0. The van der Waals surface area contributed by atoms with Crippen LogP contribution in [0.25, 0.3) is 0 Å². The number of amides is 1. The number of carbonyl (C=O) groups excluding carboxylic acids is 1. The molecule has 140 valence electrons. The van der Waals surface area contributed by atoms with Gasteiger partial charge in [0.2, 0.25) is 0 Å². The zero-order valence-electron chi connectivity index (χ0n) is 15.9. The molecule has 0 bridgehead atoms. The van der Waals surface area contributed by atoms with Crippen LogP contribution in [0.5, 0.6) is 0 Å². The van der Waals surface area contributed by atoms with Gasteiger partial charge in [-0.05, 0) is 31.0 Å². The molecular formula is C20H28N4O2. The van der Waals surface area contributed by atoms with Crippen LogP contribution in [0.1, 0.15) is 41.3 Å². The van der Waals surface area contributed by atoms with E-state index in [2.05, 4.69) is 22.2 Å². The van der Waals surface area contributed by atoms with E-state index in [-0.39, 0.29) is 5.91 Å². The number of aromatic nitrogens is 2. The molecule has 26 heavy (non-hydrogen) atoms. The van der Waals surface area contributed by atoms with Crippen LogP contribution < -0.4 is 5.32 Å². The van der Waals surface area contributed by atoms with Gasteiger partial charge in [-0.3, -0.25) is 14.4 Å². The van der Waals surface area contributed by atoms with E-state index in [4.69, 9.17) is 4.74 Å². The first-order valence-electron chi connectivity index (χ1n) is 9.29. The van der Waals surface area contributed by atoms with Crippen molar-refractivity contribution in [1.82, 2.24) is 14.7 Å². The zero-order chi connectivity index (χ0) is 18.5. The second-order valence-electron chi connectivity index (χ2n) is 6.94. The summed E-state index contributed by atoms with van der Waals surface area (Å²) in [6.45, 7) is 7.62. The van der Waals surface area contributed by atoms with Crippen LogP contribution in [-0.2, 0) is 18.3 Å². The molecule has 0 aliphatic carbocycles. The minimum Gasteiger partial charge on any atom is -0.378 e. The van der Waals surface area contributed by atoms with Crippen molar-refractivity contribution in [1.29, 1.82) is 0 Å². The normalized spacial score (nSPS) is 18.0. The summed E-state index contributed by atoms with van der Waals surface area (Å²) in [7, 11) is 1.82. The molecule has 2 heterocycles. The summed E-state index contributed by atoms with van der Waals surface area (Å²) in [5, 5.41) is 7.08. The third-order valence-corrected chi connectivity index (χ3v) is 4.93. The number of nitrogens with zero attached hydrogens (tertiary/aromatic N) is 3. The number of hydrogen-bond donors (Lipinski definition) is 1. The Morgan fingerprint density at radius 3 is 2.77 bits per heavy atom. The van der Waals surface area contributed by atoms with Crippen molar-refractivity contribution in [3.05, 3.63) is 47.2 Å². The van der Waals surface area contributed by atoms with Crippen molar-refractivity contribution in [3.8, 4) is 0 Å². The summed E-state index contributed by atoms with van der Waals surface area (Å²) >= 11 is 0. The molecule has 3 rings (SSSR count). The van der Waals surface area contributed by atoms with Crippen molar-refractivity contribution in [2.45, 2.75) is 39.3 Å². The van der Waals surface area contributed by atoms with Gasteiger partial charge in [-0.15, -0.1) is 0 Å². The molecule has 0 radical (unpaired) electrons. The van der Waals surface area contributed by atoms with Gasteiger partial charge in [-0.25, -0.2) is 0 Å². The van der Waals surface area contributed by atoms with Crippen LogP contribution in [0.3, 0.4) is 0 Å². The second-order valence-corrected chi connectivity index (χ2v) is 6.94. The molecule has 0 spiro atoms. The van der Waals surface area contributed by atoms with Gasteiger partial charge in [0.25, 0.3) is 5.91 Å². The van der Waals surface area contributed by atoms with Crippen molar-refractivity contribution in [3.63, 3.8) is 0 Å². The largest absolute Gasteiger partial charge is 0.378 e.